The number of aliphatic carboxylic acids is 1. The number of hydrogen-bond acceptors (Lipinski definition) is 7. The number of hydroxylamine groups is 2. The Morgan fingerprint density at radius 1 is 1.26 bits per heavy atom. The number of halogens is 3. The Hall–Kier alpha value is -2.18. The fraction of sp³-hybridized carbons (Fsp3) is 0.737. The van der Waals surface area contributed by atoms with Gasteiger partial charge in [-0.3, -0.25) is 14.5 Å². The van der Waals surface area contributed by atoms with E-state index in [0.717, 1.165) is 49.4 Å². The van der Waals surface area contributed by atoms with Gasteiger partial charge in [-0.25, -0.2) is 9.86 Å². The monoisotopic (exact) mass is 449 g/mol. The third-order valence-corrected chi connectivity index (χ3v) is 5.91. The first-order valence-corrected chi connectivity index (χ1v) is 10.1. The number of aromatic nitrogens is 1. The van der Waals surface area contributed by atoms with Crippen molar-refractivity contribution in [1.29, 1.82) is 0 Å². The first-order valence-electron chi connectivity index (χ1n) is 10.1. The minimum atomic E-state index is -5.08. The van der Waals surface area contributed by atoms with Crippen molar-refractivity contribution in [2.75, 3.05) is 32.8 Å². The molecular weight excluding hydrogens is 423 g/mol. The highest BCUT2D eigenvalue weighted by Crippen LogP contribution is 2.43. The van der Waals surface area contributed by atoms with Crippen molar-refractivity contribution in [2.24, 2.45) is 5.41 Å². The van der Waals surface area contributed by atoms with Crippen molar-refractivity contribution >= 4 is 11.9 Å². The van der Waals surface area contributed by atoms with E-state index in [0.29, 0.717) is 26.3 Å². The maximum absolute atomic E-state index is 13.1. The van der Waals surface area contributed by atoms with Gasteiger partial charge in [0.25, 0.3) is 5.91 Å². The fourth-order valence-electron chi connectivity index (χ4n) is 4.28. The van der Waals surface area contributed by atoms with Gasteiger partial charge in [-0.1, -0.05) is 5.16 Å². The standard InChI is InChI=1S/C17H25N3O4.C2HF3O2/c1-12-14(13(2)24-18-12)10-19-7-4-15-17(11-19,5-9-22-15)16(21)20-6-3-8-23-20;3-2(4,5)1(6)7/h15H,3-11H2,1-2H3;(H,6,7)/t15-,17-;/m1./s1. The number of likely N-dealkylation sites (tertiary alicyclic amines) is 1. The van der Waals surface area contributed by atoms with Crippen molar-refractivity contribution in [3.63, 3.8) is 0 Å². The van der Waals surface area contributed by atoms with Gasteiger partial charge in [0.15, 0.2) is 0 Å². The summed E-state index contributed by atoms with van der Waals surface area (Å²) in [5, 5.41) is 12.7. The number of carbonyl (C=O) groups is 2. The number of ether oxygens (including phenoxy) is 1. The number of aryl methyl sites for hydroxylation is 2. The van der Waals surface area contributed by atoms with Gasteiger partial charge in [0, 0.05) is 31.8 Å². The van der Waals surface area contributed by atoms with E-state index in [1.54, 1.807) is 5.06 Å². The molecule has 3 aliphatic heterocycles. The summed E-state index contributed by atoms with van der Waals surface area (Å²) in [5.41, 5.74) is 1.59. The average Bonchev–Trinajstić information content (AvgIpc) is 3.44. The molecule has 0 radical (unpaired) electrons. The molecule has 3 saturated heterocycles. The molecule has 31 heavy (non-hydrogen) atoms. The van der Waals surface area contributed by atoms with Crippen LogP contribution >= 0.6 is 0 Å². The van der Waals surface area contributed by atoms with E-state index >= 15 is 0 Å². The van der Waals surface area contributed by atoms with Crippen LogP contribution in [0.2, 0.25) is 0 Å². The van der Waals surface area contributed by atoms with E-state index in [4.69, 9.17) is 24.0 Å². The molecule has 1 N–H and O–H groups in total. The number of carboxylic acid groups (broad SMARTS) is 1. The zero-order chi connectivity index (χ0) is 22.8. The van der Waals surface area contributed by atoms with Gasteiger partial charge in [0.05, 0.1) is 30.4 Å². The van der Waals surface area contributed by atoms with Crippen molar-refractivity contribution < 1.29 is 42.0 Å². The Labute approximate surface area is 177 Å². The summed E-state index contributed by atoms with van der Waals surface area (Å²) < 4.78 is 42.9. The van der Waals surface area contributed by atoms with Crippen LogP contribution in [0.4, 0.5) is 13.2 Å². The summed E-state index contributed by atoms with van der Waals surface area (Å²) >= 11 is 0. The van der Waals surface area contributed by atoms with E-state index in [2.05, 4.69) is 10.1 Å². The molecule has 0 spiro atoms. The Morgan fingerprint density at radius 2 is 1.97 bits per heavy atom. The average molecular weight is 449 g/mol. The molecule has 0 aliphatic carbocycles. The van der Waals surface area contributed by atoms with Crippen LogP contribution in [0, 0.1) is 19.3 Å². The lowest BCUT2D eigenvalue weighted by Gasteiger charge is -2.43. The highest BCUT2D eigenvalue weighted by Gasteiger charge is 2.55. The number of alkyl halides is 3. The highest BCUT2D eigenvalue weighted by atomic mass is 19.4. The smallest absolute Gasteiger partial charge is 0.475 e. The Kier molecular flexibility index (Phi) is 6.92. The third kappa shape index (κ3) is 5.01. The summed E-state index contributed by atoms with van der Waals surface area (Å²) in [7, 11) is 0. The van der Waals surface area contributed by atoms with Gasteiger partial charge in [0.2, 0.25) is 0 Å². The van der Waals surface area contributed by atoms with E-state index in [9.17, 15) is 18.0 Å². The molecule has 0 saturated carbocycles. The van der Waals surface area contributed by atoms with Gasteiger partial charge in [-0.15, -0.1) is 0 Å². The van der Waals surface area contributed by atoms with Gasteiger partial charge in [-0.2, -0.15) is 13.2 Å². The quantitative estimate of drug-likeness (QED) is 0.748. The molecule has 1 aromatic heterocycles. The molecule has 3 fully saturated rings. The van der Waals surface area contributed by atoms with Crippen LogP contribution in [0.15, 0.2) is 4.52 Å². The van der Waals surface area contributed by atoms with Crippen LogP contribution in [0.25, 0.3) is 0 Å². The minimum Gasteiger partial charge on any atom is -0.475 e. The number of rotatable bonds is 3. The second-order valence-corrected chi connectivity index (χ2v) is 7.96. The molecule has 1 aromatic rings. The molecule has 9 nitrogen and oxygen atoms in total. The molecule has 12 heteroatoms. The number of hydrogen-bond donors (Lipinski definition) is 1. The zero-order valence-corrected chi connectivity index (χ0v) is 17.4. The number of nitrogens with zero attached hydrogens (tertiary/aromatic N) is 3. The van der Waals surface area contributed by atoms with Gasteiger partial charge >= 0.3 is 12.1 Å². The predicted molar refractivity (Wildman–Crippen MR) is 98.6 cm³/mol. The van der Waals surface area contributed by atoms with E-state index in [-0.39, 0.29) is 12.0 Å². The zero-order valence-electron chi connectivity index (χ0n) is 17.4. The minimum absolute atomic E-state index is 0.00937. The van der Waals surface area contributed by atoms with Crippen LogP contribution in [-0.2, 0) is 25.7 Å². The van der Waals surface area contributed by atoms with Crippen molar-refractivity contribution in [3.8, 4) is 0 Å². The largest absolute Gasteiger partial charge is 0.490 e. The molecule has 0 aromatic carbocycles. The lowest BCUT2D eigenvalue weighted by Crippen LogP contribution is -2.57. The third-order valence-electron chi connectivity index (χ3n) is 5.91. The van der Waals surface area contributed by atoms with Crippen LogP contribution in [-0.4, -0.2) is 77.2 Å². The lowest BCUT2D eigenvalue weighted by atomic mass is 9.75. The van der Waals surface area contributed by atoms with Crippen LogP contribution in [0.5, 0.6) is 0 Å². The van der Waals surface area contributed by atoms with Crippen LogP contribution in [0.3, 0.4) is 0 Å². The summed E-state index contributed by atoms with van der Waals surface area (Å²) in [6, 6.07) is 0. The summed E-state index contributed by atoms with van der Waals surface area (Å²) in [6.07, 6.45) is -2.51. The second-order valence-electron chi connectivity index (χ2n) is 7.96. The van der Waals surface area contributed by atoms with E-state index in [1.807, 2.05) is 13.8 Å². The Balaban J connectivity index is 0.000000339. The van der Waals surface area contributed by atoms with E-state index in [1.165, 1.54) is 0 Å². The number of carboxylic acids is 1. The predicted octanol–water partition coefficient (Wildman–Crippen LogP) is 2.07. The molecule has 4 rings (SSSR count). The maximum Gasteiger partial charge on any atom is 0.490 e. The molecule has 3 aliphatic rings. The topological polar surface area (TPSA) is 105 Å². The molecule has 2 atom stereocenters. The van der Waals surface area contributed by atoms with Gasteiger partial charge in [-0.05, 0) is 33.1 Å². The summed E-state index contributed by atoms with van der Waals surface area (Å²) in [6.45, 7) is 8.29. The number of amides is 1. The van der Waals surface area contributed by atoms with Crippen molar-refractivity contribution in [3.05, 3.63) is 17.0 Å². The highest BCUT2D eigenvalue weighted by molar-refractivity contribution is 5.83. The Morgan fingerprint density at radius 3 is 2.52 bits per heavy atom. The number of fused-ring (bicyclic) bond motifs is 1. The molecular formula is C19H26F3N3O6. The normalized spacial score (nSPS) is 26.4. The SMILES string of the molecule is Cc1noc(C)c1CN1CC[C@H]2OCC[C@@]2(C(=O)N2CCCO2)C1.O=C(O)C(F)(F)F. The second kappa shape index (κ2) is 9.13. The lowest BCUT2D eigenvalue weighted by molar-refractivity contribution is -0.192. The summed E-state index contributed by atoms with van der Waals surface area (Å²) in [5.74, 6) is -1.79. The molecule has 0 bridgehead atoms. The molecule has 1 amide bonds. The molecule has 4 heterocycles. The Bertz CT molecular complexity index is 789. The fourth-order valence-corrected chi connectivity index (χ4v) is 4.28. The molecule has 0 unspecified atom stereocenters. The summed E-state index contributed by atoms with van der Waals surface area (Å²) in [4.78, 5) is 29.9. The van der Waals surface area contributed by atoms with Crippen LogP contribution < -0.4 is 0 Å². The van der Waals surface area contributed by atoms with Crippen molar-refractivity contribution in [2.45, 2.75) is 51.9 Å². The first kappa shape index (κ1) is 23.5. The first-order chi connectivity index (χ1) is 14.5. The van der Waals surface area contributed by atoms with Crippen LogP contribution in [0.1, 0.15) is 36.3 Å². The van der Waals surface area contributed by atoms with Crippen molar-refractivity contribution in [1.82, 2.24) is 15.1 Å². The maximum atomic E-state index is 13.1. The molecule has 174 valence electrons. The number of carbonyl (C=O) groups excluding carboxylic acids is 1. The number of piperidine rings is 1. The van der Waals surface area contributed by atoms with E-state index < -0.39 is 17.6 Å². The van der Waals surface area contributed by atoms with Gasteiger partial charge < -0.3 is 14.4 Å². The van der Waals surface area contributed by atoms with Gasteiger partial charge in [0.1, 0.15) is 5.76 Å².